The molecule has 6 heteroatoms. The molecule has 0 aliphatic heterocycles. The van der Waals surface area contributed by atoms with Crippen LogP contribution in [-0.4, -0.2) is 11.5 Å². The van der Waals surface area contributed by atoms with Gasteiger partial charge < -0.3 is 10.5 Å². The smallest absolute Gasteiger partial charge is 0.273 e. The molecule has 0 fully saturated rings. The van der Waals surface area contributed by atoms with E-state index in [1.54, 1.807) is 6.07 Å². The molecule has 1 aromatic carbocycles. The molecule has 5 nitrogen and oxygen atoms in total. The van der Waals surface area contributed by atoms with Crippen LogP contribution in [0.4, 0.5) is 5.69 Å². The first-order chi connectivity index (χ1) is 10.1. The standard InChI is InChI=1S/C15H14N2O3S/c1-11-4-5-13(17(18)19)9-14(11)20-10-15-12(3-2-7-16)6-8-21-15/h4-6,8-9H,7,10,16H2,1H3. The van der Waals surface area contributed by atoms with Crippen LogP contribution >= 0.6 is 11.3 Å². The molecule has 0 bridgehead atoms. The molecule has 1 heterocycles. The number of nitrogens with two attached hydrogens (primary N) is 1. The van der Waals surface area contributed by atoms with Crippen molar-refractivity contribution in [1.29, 1.82) is 0 Å². The van der Waals surface area contributed by atoms with Gasteiger partial charge in [0.05, 0.1) is 22.4 Å². The number of rotatable bonds is 4. The molecule has 0 aliphatic rings. The third kappa shape index (κ3) is 3.81. The predicted octanol–water partition coefficient (Wildman–Crippen LogP) is 2.85. The maximum atomic E-state index is 10.8. The second-order valence-electron chi connectivity index (χ2n) is 4.26. The Morgan fingerprint density at radius 3 is 2.95 bits per heavy atom. The van der Waals surface area contributed by atoms with Crippen LogP contribution in [0.2, 0.25) is 0 Å². The van der Waals surface area contributed by atoms with Gasteiger partial charge in [-0.15, -0.1) is 11.3 Å². The summed E-state index contributed by atoms with van der Waals surface area (Å²) in [6, 6.07) is 6.49. The lowest BCUT2D eigenvalue weighted by atomic mass is 10.2. The van der Waals surface area contributed by atoms with E-state index in [1.165, 1.54) is 23.5 Å². The molecule has 0 spiro atoms. The van der Waals surface area contributed by atoms with E-state index in [-0.39, 0.29) is 5.69 Å². The molecule has 2 N–H and O–H groups in total. The molecular formula is C15H14N2O3S. The summed E-state index contributed by atoms with van der Waals surface area (Å²) in [5.41, 5.74) is 7.11. The van der Waals surface area contributed by atoms with E-state index in [0.717, 1.165) is 16.0 Å². The van der Waals surface area contributed by atoms with Crippen molar-refractivity contribution in [1.82, 2.24) is 0 Å². The number of non-ortho nitro benzene ring substituents is 1. The number of nitro benzene ring substituents is 1. The van der Waals surface area contributed by atoms with Gasteiger partial charge >= 0.3 is 0 Å². The third-order valence-corrected chi connectivity index (χ3v) is 3.71. The van der Waals surface area contributed by atoms with Gasteiger partial charge in [-0.2, -0.15) is 0 Å². The Bertz CT molecular complexity index is 713. The summed E-state index contributed by atoms with van der Waals surface area (Å²) in [7, 11) is 0. The number of hydrogen-bond donors (Lipinski definition) is 1. The number of aryl methyl sites for hydroxylation is 1. The van der Waals surface area contributed by atoms with Crippen molar-refractivity contribution >= 4 is 17.0 Å². The van der Waals surface area contributed by atoms with Gasteiger partial charge in [0.1, 0.15) is 12.4 Å². The minimum absolute atomic E-state index is 0.0185. The topological polar surface area (TPSA) is 78.4 Å². The highest BCUT2D eigenvalue weighted by Gasteiger charge is 2.10. The summed E-state index contributed by atoms with van der Waals surface area (Å²) in [5, 5.41) is 12.7. The lowest BCUT2D eigenvalue weighted by Gasteiger charge is -2.08. The SMILES string of the molecule is Cc1ccc([N+](=O)[O-])cc1OCc1sccc1C#CCN. The van der Waals surface area contributed by atoms with Gasteiger partial charge in [-0.25, -0.2) is 0 Å². The Kier molecular flexibility index (Phi) is 4.93. The summed E-state index contributed by atoms with van der Waals surface area (Å²) in [4.78, 5) is 11.3. The molecule has 108 valence electrons. The predicted molar refractivity (Wildman–Crippen MR) is 82.4 cm³/mol. The lowest BCUT2D eigenvalue weighted by molar-refractivity contribution is -0.385. The van der Waals surface area contributed by atoms with Gasteiger partial charge in [-0.1, -0.05) is 11.8 Å². The van der Waals surface area contributed by atoms with E-state index in [0.29, 0.717) is 18.9 Å². The molecule has 0 saturated carbocycles. The average molecular weight is 302 g/mol. The highest BCUT2D eigenvalue weighted by Crippen LogP contribution is 2.26. The normalized spacial score (nSPS) is 9.81. The molecule has 0 aliphatic carbocycles. The van der Waals surface area contributed by atoms with Crippen LogP contribution in [0.3, 0.4) is 0 Å². The fraction of sp³-hybridized carbons (Fsp3) is 0.200. The molecule has 0 amide bonds. The van der Waals surface area contributed by atoms with Crippen LogP contribution in [0.5, 0.6) is 5.75 Å². The Morgan fingerprint density at radius 1 is 1.43 bits per heavy atom. The van der Waals surface area contributed by atoms with E-state index in [1.807, 2.05) is 18.4 Å². The summed E-state index contributed by atoms with van der Waals surface area (Å²) in [6.07, 6.45) is 0. The van der Waals surface area contributed by atoms with Crippen LogP contribution in [0.15, 0.2) is 29.6 Å². The van der Waals surface area contributed by atoms with Crippen molar-refractivity contribution in [2.75, 3.05) is 6.54 Å². The molecule has 0 radical (unpaired) electrons. The zero-order chi connectivity index (χ0) is 15.2. The van der Waals surface area contributed by atoms with Gasteiger partial charge in [-0.05, 0) is 30.0 Å². The van der Waals surface area contributed by atoms with Crippen molar-refractivity contribution in [2.45, 2.75) is 13.5 Å². The quantitative estimate of drug-likeness (QED) is 0.535. The second kappa shape index (κ2) is 6.88. The van der Waals surface area contributed by atoms with Gasteiger partial charge in [0.25, 0.3) is 5.69 Å². The largest absolute Gasteiger partial charge is 0.487 e. The molecule has 0 atom stereocenters. The maximum Gasteiger partial charge on any atom is 0.273 e. The Hall–Kier alpha value is -2.36. The molecule has 2 rings (SSSR count). The molecule has 2 aromatic rings. The molecular weight excluding hydrogens is 288 g/mol. The fourth-order valence-corrected chi connectivity index (χ4v) is 2.45. The van der Waals surface area contributed by atoms with Crippen LogP contribution in [0, 0.1) is 28.9 Å². The highest BCUT2D eigenvalue weighted by molar-refractivity contribution is 7.10. The second-order valence-corrected chi connectivity index (χ2v) is 5.26. The van der Waals surface area contributed by atoms with E-state index >= 15 is 0 Å². The number of benzene rings is 1. The zero-order valence-electron chi connectivity index (χ0n) is 11.5. The van der Waals surface area contributed by atoms with Gasteiger partial charge in [0.2, 0.25) is 0 Å². The van der Waals surface area contributed by atoms with Crippen LogP contribution < -0.4 is 10.5 Å². The third-order valence-electron chi connectivity index (χ3n) is 2.81. The molecule has 1 aromatic heterocycles. The van der Waals surface area contributed by atoms with Gasteiger partial charge in [-0.3, -0.25) is 10.1 Å². The van der Waals surface area contributed by atoms with Crippen LogP contribution in [0.25, 0.3) is 0 Å². The summed E-state index contributed by atoms with van der Waals surface area (Å²) < 4.78 is 5.70. The van der Waals surface area contributed by atoms with Gasteiger partial charge in [0.15, 0.2) is 0 Å². The number of nitro groups is 1. The van der Waals surface area contributed by atoms with Crippen LogP contribution in [0.1, 0.15) is 16.0 Å². The van der Waals surface area contributed by atoms with Crippen LogP contribution in [-0.2, 0) is 6.61 Å². The Labute approximate surface area is 126 Å². The summed E-state index contributed by atoms with van der Waals surface area (Å²) in [5.74, 6) is 6.29. The van der Waals surface area contributed by atoms with E-state index in [2.05, 4.69) is 11.8 Å². The number of nitrogens with zero attached hydrogens (tertiary/aromatic N) is 1. The van der Waals surface area contributed by atoms with E-state index in [9.17, 15) is 10.1 Å². The molecule has 0 saturated heterocycles. The molecule has 0 unspecified atom stereocenters. The summed E-state index contributed by atoms with van der Waals surface area (Å²) >= 11 is 1.53. The van der Waals surface area contributed by atoms with Crippen molar-refractivity contribution in [2.24, 2.45) is 5.73 Å². The molecule has 21 heavy (non-hydrogen) atoms. The minimum Gasteiger partial charge on any atom is -0.487 e. The Balaban J connectivity index is 2.15. The fourth-order valence-electron chi connectivity index (χ4n) is 1.71. The zero-order valence-corrected chi connectivity index (χ0v) is 12.3. The van der Waals surface area contributed by atoms with Crippen molar-refractivity contribution in [3.8, 4) is 17.6 Å². The first-order valence-corrected chi connectivity index (χ1v) is 7.13. The van der Waals surface area contributed by atoms with Crippen molar-refractivity contribution < 1.29 is 9.66 Å². The first-order valence-electron chi connectivity index (χ1n) is 6.25. The lowest BCUT2D eigenvalue weighted by Crippen LogP contribution is -1.98. The average Bonchev–Trinajstić information content (AvgIpc) is 2.91. The highest BCUT2D eigenvalue weighted by atomic mass is 32.1. The Morgan fingerprint density at radius 2 is 2.24 bits per heavy atom. The van der Waals surface area contributed by atoms with Crippen molar-refractivity contribution in [3.05, 3.63) is 55.8 Å². The van der Waals surface area contributed by atoms with E-state index in [4.69, 9.17) is 10.5 Å². The number of hydrogen-bond acceptors (Lipinski definition) is 5. The maximum absolute atomic E-state index is 10.8. The minimum atomic E-state index is -0.435. The van der Waals surface area contributed by atoms with E-state index < -0.39 is 4.92 Å². The first kappa shape index (κ1) is 15.0. The monoisotopic (exact) mass is 302 g/mol. The number of thiophene rings is 1. The van der Waals surface area contributed by atoms with Crippen molar-refractivity contribution in [3.63, 3.8) is 0 Å². The number of ether oxygens (including phenoxy) is 1. The summed E-state index contributed by atoms with van der Waals surface area (Å²) in [6.45, 7) is 2.48. The van der Waals surface area contributed by atoms with Gasteiger partial charge in [0, 0.05) is 11.6 Å².